The topological polar surface area (TPSA) is 145 Å². The fraction of sp³-hybridized carbons (Fsp3) is 0.125. The third-order valence-corrected chi connectivity index (χ3v) is 4.97. The number of carboxylic acid groups (broad SMARTS) is 1. The molecule has 10 nitrogen and oxygen atoms in total. The van der Waals surface area contributed by atoms with Gasteiger partial charge in [0.05, 0.1) is 21.8 Å². The van der Waals surface area contributed by atoms with E-state index in [1.54, 1.807) is 14.1 Å². The third kappa shape index (κ3) is 6.54. The number of nitrogens with zero attached hydrogens (tertiary/aromatic N) is 2. The van der Waals surface area contributed by atoms with Crippen molar-refractivity contribution in [3.63, 3.8) is 0 Å². The van der Waals surface area contributed by atoms with Gasteiger partial charge in [-0.15, -0.1) is 0 Å². The molecule has 1 heterocycles. The molecule has 4 N–H and O–H groups in total. The average molecular weight is 514 g/mol. The lowest BCUT2D eigenvalue weighted by Gasteiger charge is -2.15. The first-order valence-electron chi connectivity index (χ1n) is 10.3. The van der Waals surface area contributed by atoms with Crippen LogP contribution in [0.2, 0.25) is 5.02 Å². The van der Waals surface area contributed by atoms with E-state index in [-0.39, 0.29) is 39.8 Å². The lowest BCUT2D eigenvalue weighted by Crippen LogP contribution is -2.23. The van der Waals surface area contributed by atoms with Crippen molar-refractivity contribution in [2.45, 2.75) is 0 Å². The second kappa shape index (κ2) is 11.3. The summed E-state index contributed by atoms with van der Waals surface area (Å²) in [5.74, 6) is -3.32. The normalized spacial score (nSPS) is 10.3. The molecule has 0 unspecified atom stereocenters. The molecule has 186 valence electrons. The highest BCUT2D eigenvalue weighted by molar-refractivity contribution is 6.30. The molecule has 0 fully saturated rings. The highest BCUT2D eigenvalue weighted by Gasteiger charge is 2.19. The summed E-state index contributed by atoms with van der Waals surface area (Å²) in [6, 6.07) is 10.6. The standard InChI is InChI=1S/C24H21ClFN5O5/c1-31(2)22(27)13-3-6-16(18(26)9-13)23(34)29-19-7-5-15(36-12-21(32)33)10-17(19)24(35)30-20-8-4-14(25)11-28-20/h3-11,27H,12H2,1-2H3,(H,29,34)(H,32,33)(H,28,30,35). The van der Waals surface area contributed by atoms with E-state index in [9.17, 15) is 18.8 Å². The van der Waals surface area contributed by atoms with E-state index in [0.717, 1.165) is 6.07 Å². The van der Waals surface area contributed by atoms with Crippen LogP contribution in [0.1, 0.15) is 26.3 Å². The number of halogens is 2. The molecule has 0 atom stereocenters. The lowest BCUT2D eigenvalue weighted by molar-refractivity contribution is -0.139. The summed E-state index contributed by atoms with van der Waals surface area (Å²) < 4.78 is 19.8. The summed E-state index contributed by atoms with van der Waals surface area (Å²) in [5, 5.41) is 22.2. The van der Waals surface area contributed by atoms with Crippen molar-refractivity contribution in [1.82, 2.24) is 9.88 Å². The first-order chi connectivity index (χ1) is 17.0. The zero-order chi connectivity index (χ0) is 26.4. The molecule has 36 heavy (non-hydrogen) atoms. The maximum absolute atomic E-state index is 14.7. The molecule has 3 rings (SSSR count). The Morgan fingerprint density at radius 1 is 1.06 bits per heavy atom. The number of aliphatic carboxylic acids is 1. The smallest absolute Gasteiger partial charge is 0.341 e. The number of hydrogen-bond donors (Lipinski definition) is 4. The van der Waals surface area contributed by atoms with Crippen molar-refractivity contribution < 1.29 is 28.6 Å². The summed E-state index contributed by atoms with van der Waals surface area (Å²) in [6.07, 6.45) is 1.33. The fourth-order valence-corrected chi connectivity index (χ4v) is 3.09. The van der Waals surface area contributed by atoms with Crippen LogP contribution in [0.15, 0.2) is 54.7 Å². The highest BCUT2D eigenvalue weighted by atomic mass is 35.5. The summed E-state index contributed by atoms with van der Waals surface area (Å²) in [6.45, 7) is -0.648. The number of carbonyl (C=O) groups excluding carboxylic acids is 2. The number of rotatable bonds is 8. The summed E-state index contributed by atoms with van der Waals surface area (Å²) >= 11 is 5.81. The second-order valence-electron chi connectivity index (χ2n) is 7.60. The van der Waals surface area contributed by atoms with Crippen LogP contribution in [0.5, 0.6) is 5.75 Å². The Balaban J connectivity index is 1.90. The number of carbonyl (C=O) groups is 3. The molecule has 3 aromatic rings. The Bertz CT molecular complexity index is 1330. The predicted molar refractivity (Wildman–Crippen MR) is 132 cm³/mol. The third-order valence-electron chi connectivity index (χ3n) is 4.75. The van der Waals surface area contributed by atoms with Gasteiger partial charge in [-0.05, 0) is 42.5 Å². The van der Waals surface area contributed by atoms with E-state index in [2.05, 4.69) is 15.6 Å². The minimum absolute atomic E-state index is 0.0126. The van der Waals surface area contributed by atoms with Crippen molar-refractivity contribution in [2.75, 3.05) is 31.3 Å². The molecule has 2 aromatic carbocycles. The van der Waals surface area contributed by atoms with E-state index < -0.39 is 30.2 Å². The van der Waals surface area contributed by atoms with Crippen LogP contribution in [0.4, 0.5) is 15.9 Å². The number of amidine groups is 1. The van der Waals surface area contributed by atoms with Crippen LogP contribution in [0, 0.1) is 11.2 Å². The molecule has 0 aliphatic heterocycles. The van der Waals surface area contributed by atoms with Gasteiger partial charge in [0.1, 0.15) is 23.2 Å². The molecule has 0 aliphatic rings. The maximum atomic E-state index is 14.7. The Labute approximate surface area is 210 Å². The van der Waals surface area contributed by atoms with Gasteiger partial charge < -0.3 is 25.4 Å². The minimum atomic E-state index is -1.22. The van der Waals surface area contributed by atoms with Gasteiger partial charge in [0.2, 0.25) is 0 Å². The Morgan fingerprint density at radius 2 is 1.78 bits per heavy atom. The van der Waals surface area contributed by atoms with Gasteiger partial charge in [-0.3, -0.25) is 15.0 Å². The lowest BCUT2D eigenvalue weighted by atomic mass is 10.1. The maximum Gasteiger partial charge on any atom is 0.341 e. The van der Waals surface area contributed by atoms with Crippen LogP contribution < -0.4 is 15.4 Å². The SMILES string of the molecule is CN(C)C(=N)c1ccc(C(=O)Nc2ccc(OCC(=O)O)cc2C(=O)Nc2ccc(Cl)cn2)c(F)c1. The van der Waals surface area contributed by atoms with Gasteiger partial charge in [-0.2, -0.15) is 0 Å². The highest BCUT2D eigenvalue weighted by Crippen LogP contribution is 2.25. The molecule has 0 aliphatic carbocycles. The molecular formula is C24H21ClFN5O5. The molecule has 2 amide bonds. The largest absolute Gasteiger partial charge is 0.482 e. The molecule has 0 spiro atoms. The first kappa shape index (κ1) is 26.1. The predicted octanol–water partition coefficient (Wildman–Crippen LogP) is 3.73. The first-order valence-corrected chi connectivity index (χ1v) is 10.7. The van der Waals surface area contributed by atoms with Gasteiger partial charge in [0.25, 0.3) is 11.8 Å². The number of anilines is 2. The Kier molecular flexibility index (Phi) is 8.18. The average Bonchev–Trinajstić information content (AvgIpc) is 2.83. The number of aromatic nitrogens is 1. The Morgan fingerprint density at radius 3 is 2.39 bits per heavy atom. The van der Waals surface area contributed by atoms with Crippen molar-refractivity contribution >= 4 is 46.7 Å². The monoisotopic (exact) mass is 513 g/mol. The van der Waals surface area contributed by atoms with Crippen molar-refractivity contribution in [2.24, 2.45) is 0 Å². The number of hydrogen-bond acceptors (Lipinski definition) is 6. The van der Waals surface area contributed by atoms with Crippen LogP contribution in [-0.4, -0.2) is 59.3 Å². The molecule has 0 bridgehead atoms. The van der Waals surface area contributed by atoms with E-state index in [1.807, 2.05) is 0 Å². The van der Waals surface area contributed by atoms with Crippen LogP contribution in [0.3, 0.4) is 0 Å². The second-order valence-corrected chi connectivity index (χ2v) is 8.03. The summed E-state index contributed by atoms with van der Waals surface area (Å²) in [5.41, 5.74) is -0.0974. The van der Waals surface area contributed by atoms with Crippen molar-refractivity contribution in [3.8, 4) is 5.75 Å². The number of nitrogens with one attached hydrogen (secondary N) is 3. The summed E-state index contributed by atoms with van der Waals surface area (Å²) in [4.78, 5) is 42.1. The van der Waals surface area contributed by atoms with Crippen LogP contribution in [0.25, 0.3) is 0 Å². The van der Waals surface area contributed by atoms with Crippen LogP contribution >= 0.6 is 11.6 Å². The quantitative estimate of drug-likeness (QED) is 0.265. The summed E-state index contributed by atoms with van der Waals surface area (Å²) in [7, 11) is 3.27. The number of ether oxygens (including phenoxy) is 1. The fourth-order valence-electron chi connectivity index (χ4n) is 2.98. The molecule has 12 heteroatoms. The number of carboxylic acids is 1. The number of benzene rings is 2. The van der Waals surface area contributed by atoms with Crippen molar-refractivity contribution in [1.29, 1.82) is 5.41 Å². The number of pyridine rings is 1. The molecule has 0 saturated heterocycles. The van der Waals surface area contributed by atoms with Gasteiger partial charge >= 0.3 is 5.97 Å². The van der Waals surface area contributed by atoms with Crippen molar-refractivity contribution in [3.05, 3.63) is 82.3 Å². The van der Waals surface area contributed by atoms with E-state index in [0.29, 0.717) is 5.02 Å². The minimum Gasteiger partial charge on any atom is -0.482 e. The van der Waals surface area contributed by atoms with E-state index in [4.69, 9.17) is 26.9 Å². The Hall–Kier alpha value is -4.51. The number of amides is 2. The van der Waals surface area contributed by atoms with Gasteiger partial charge in [-0.25, -0.2) is 14.2 Å². The van der Waals surface area contributed by atoms with E-state index in [1.165, 1.54) is 53.6 Å². The van der Waals surface area contributed by atoms with E-state index >= 15 is 0 Å². The molecule has 0 saturated carbocycles. The van der Waals surface area contributed by atoms with Crippen LogP contribution in [-0.2, 0) is 4.79 Å². The van der Waals surface area contributed by atoms with Gasteiger partial charge in [0.15, 0.2) is 6.61 Å². The van der Waals surface area contributed by atoms with Gasteiger partial charge in [-0.1, -0.05) is 17.7 Å². The molecule has 0 radical (unpaired) electrons. The zero-order valence-corrected chi connectivity index (χ0v) is 19.9. The molecular weight excluding hydrogens is 493 g/mol. The zero-order valence-electron chi connectivity index (χ0n) is 19.1. The molecule has 1 aromatic heterocycles. The van der Waals surface area contributed by atoms with Gasteiger partial charge in [0, 0.05) is 25.9 Å².